The number of Topliss-reactive ketones (excluding diaryl/α,β-unsaturated/α-hetero) is 1. The molecule has 4 N–H and O–H groups in total. The standard InChI is InChI=1S/C30H30O4S.2H2O.H2/c31-29(30(13-14-30)24-8-11-27-28(19-24)34-20-33-27)18-21-3-1-4-23(17-21)22-6-9-26(10-7-22)35-16-12-25-5-2-15-32-25;;;/h1,3-4,6-11,17,19,25H,2,5,12-16,18,20H2;2*1H2;1H/t25-;;;/m0.../s1. The van der Waals surface area contributed by atoms with Crippen molar-refractivity contribution in [3.05, 3.63) is 77.9 Å². The second-order valence-corrected chi connectivity index (χ2v) is 10.9. The van der Waals surface area contributed by atoms with Crippen LogP contribution < -0.4 is 9.47 Å². The number of hydrogen-bond donors (Lipinski definition) is 0. The summed E-state index contributed by atoms with van der Waals surface area (Å²) in [6.45, 7) is 1.18. The maximum Gasteiger partial charge on any atom is 0.231 e. The molecule has 6 rings (SSSR count). The predicted octanol–water partition coefficient (Wildman–Crippen LogP) is 5.18. The molecule has 3 aromatic carbocycles. The van der Waals surface area contributed by atoms with E-state index in [4.69, 9.17) is 14.2 Å². The Balaban J connectivity index is 0.00000133. The van der Waals surface area contributed by atoms with Crippen LogP contribution in [0.3, 0.4) is 0 Å². The van der Waals surface area contributed by atoms with Crippen molar-refractivity contribution in [3.63, 3.8) is 0 Å². The Morgan fingerprint density at radius 3 is 2.51 bits per heavy atom. The van der Waals surface area contributed by atoms with Crippen molar-refractivity contribution >= 4 is 17.5 Å². The van der Waals surface area contributed by atoms with Crippen molar-refractivity contribution in [3.8, 4) is 22.6 Å². The highest BCUT2D eigenvalue weighted by molar-refractivity contribution is 7.99. The SMILES string of the molecule is O.O.O=C(Cc1cccc(-c2ccc(SCC[C@@H]3CCCO3)cc2)c1)C1(c2ccc3c(c2)OCO3)CC1.[HH]. The lowest BCUT2D eigenvalue weighted by Gasteiger charge is -2.15. The predicted molar refractivity (Wildman–Crippen MR) is 148 cm³/mol. The number of ketones is 1. The highest BCUT2D eigenvalue weighted by atomic mass is 32.2. The fraction of sp³-hybridized carbons (Fsp3) is 0.367. The molecule has 1 atom stereocenters. The molecule has 3 aliphatic rings. The molecule has 7 heteroatoms. The topological polar surface area (TPSA) is 108 Å². The molecule has 3 aromatic rings. The van der Waals surface area contributed by atoms with Gasteiger partial charge in [-0.3, -0.25) is 4.79 Å². The normalized spacial score (nSPS) is 18.5. The van der Waals surface area contributed by atoms with E-state index in [1.54, 1.807) is 0 Å². The lowest BCUT2D eigenvalue weighted by molar-refractivity contribution is -0.120. The highest BCUT2D eigenvalue weighted by Gasteiger charge is 2.50. The highest BCUT2D eigenvalue weighted by Crippen LogP contribution is 2.51. The second-order valence-electron chi connectivity index (χ2n) is 9.75. The zero-order valence-corrected chi connectivity index (χ0v) is 21.6. The first-order valence-corrected chi connectivity index (χ1v) is 13.6. The molecule has 2 fully saturated rings. The van der Waals surface area contributed by atoms with Crippen molar-refractivity contribution in [1.82, 2.24) is 0 Å². The van der Waals surface area contributed by atoms with Crippen LogP contribution >= 0.6 is 11.8 Å². The van der Waals surface area contributed by atoms with E-state index in [0.717, 1.165) is 59.8 Å². The Hall–Kier alpha value is -2.84. The van der Waals surface area contributed by atoms with Crippen molar-refractivity contribution in [1.29, 1.82) is 0 Å². The first kappa shape index (κ1) is 27.2. The summed E-state index contributed by atoms with van der Waals surface area (Å²) in [6, 6.07) is 23.1. The summed E-state index contributed by atoms with van der Waals surface area (Å²) in [6.07, 6.45) is 6.22. The summed E-state index contributed by atoms with van der Waals surface area (Å²) in [7, 11) is 0. The van der Waals surface area contributed by atoms with E-state index in [0.29, 0.717) is 12.5 Å². The summed E-state index contributed by atoms with van der Waals surface area (Å²) in [5, 5.41) is 0. The molecule has 0 bridgehead atoms. The monoisotopic (exact) mass is 524 g/mol. The Kier molecular flexibility index (Phi) is 8.60. The Bertz CT molecular complexity index is 1220. The van der Waals surface area contributed by atoms with Gasteiger partial charge >= 0.3 is 0 Å². The van der Waals surface area contributed by atoms with Gasteiger partial charge in [0, 0.05) is 25.1 Å². The third kappa shape index (κ3) is 5.85. The summed E-state index contributed by atoms with van der Waals surface area (Å²) >= 11 is 1.90. The number of ether oxygens (including phenoxy) is 3. The van der Waals surface area contributed by atoms with Crippen LogP contribution in [0.2, 0.25) is 0 Å². The van der Waals surface area contributed by atoms with Crippen molar-refractivity contribution < 1.29 is 31.4 Å². The molecular weight excluding hydrogens is 488 g/mol. The molecule has 1 saturated carbocycles. The van der Waals surface area contributed by atoms with Gasteiger partial charge in [0.05, 0.1) is 11.5 Å². The zero-order chi connectivity index (χ0) is 23.7. The number of benzene rings is 3. The molecule has 0 amide bonds. The second kappa shape index (κ2) is 11.7. The van der Waals surface area contributed by atoms with Gasteiger partial charge in [-0.2, -0.15) is 0 Å². The van der Waals surface area contributed by atoms with Crippen molar-refractivity contribution in [2.24, 2.45) is 0 Å². The number of hydrogen-bond acceptors (Lipinski definition) is 5. The molecule has 0 radical (unpaired) electrons. The van der Waals surface area contributed by atoms with Crippen LogP contribution in [-0.2, 0) is 21.4 Å². The molecule has 37 heavy (non-hydrogen) atoms. The number of thioether (sulfide) groups is 1. The maximum atomic E-state index is 13.4. The number of carbonyl (C=O) groups excluding carboxylic acids is 1. The Morgan fingerprint density at radius 2 is 1.76 bits per heavy atom. The zero-order valence-electron chi connectivity index (χ0n) is 20.8. The Morgan fingerprint density at radius 1 is 0.946 bits per heavy atom. The van der Waals surface area contributed by atoms with Crippen LogP contribution in [0.25, 0.3) is 11.1 Å². The summed E-state index contributed by atoms with van der Waals surface area (Å²) in [4.78, 5) is 14.7. The fourth-order valence-electron chi connectivity index (χ4n) is 5.19. The quantitative estimate of drug-likeness (QED) is 0.358. The lowest BCUT2D eigenvalue weighted by Crippen LogP contribution is -2.22. The van der Waals surface area contributed by atoms with Gasteiger partial charge in [-0.1, -0.05) is 42.5 Å². The minimum Gasteiger partial charge on any atom is -0.454 e. The van der Waals surface area contributed by atoms with E-state index < -0.39 is 0 Å². The van der Waals surface area contributed by atoms with Crippen molar-refractivity contribution in [2.45, 2.75) is 54.9 Å². The molecule has 6 nitrogen and oxygen atoms in total. The van der Waals surface area contributed by atoms with E-state index in [9.17, 15) is 4.79 Å². The van der Waals surface area contributed by atoms with E-state index in [1.165, 1.54) is 23.3 Å². The van der Waals surface area contributed by atoms with E-state index in [2.05, 4.69) is 48.5 Å². The average Bonchev–Trinajstić information content (AvgIpc) is 3.29. The minimum atomic E-state index is -0.376. The molecule has 198 valence electrons. The molecule has 2 heterocycles. The third-order valence-corrected chi connectivity index (χ3v) is 8.47. The minimum absolute atomic E-state index is 0. The van der Waals surface area contributed by atoms with Crippen LogP contribution in [0, 0.1) is 0 Å². The van der Waals surface area contributed by atoms with Crippen LogP contribution in [0.5, 0.6) is 11.5 Å². The van der Waals surface area contributed by atoms with Gasteiger partial charge in [0.15, 0.2) is 11.5 Å². The first-order valence-electron chi connectivity index (χ1n) is 12.6. The fourth-order valence-corrected chi connectivity index (χ4v) is 6.13. The number of fused-ring (bicyclic) bond motifs is 1. The van der Waals surface area contributed by atoms with Crippen LogP contribution in [-0.4, -0.2) is 42.0 Å². The largest absolute Gasteiger partial charge is 0.454 e. The van der Waals surface area contributed by atoms with E-state index in [-0.39, 0.29) is 30.4 Å². The molecule has 2 aliphatic heterocycles. The Labute approximate surface area is 223 Å². The number of rotatable bonds is 9. The van der Waals surface area contributed by atoms with Gasteiger partial charge < -0.3 is 25.2 Å². The summed E-state index contributed by atoms with van der Waals surface area (Å²) in [5.41, 5.74) is 4.07. The van der Waals surface area contributed by atoms with Crippen LogP contribution in [0.4, 0.5) is 0 Å². The molecule has 0 spiro atoms. The van der Waals surface area contributed by atoms with Crippen LogP contribution in [0.15, 0.2) is 71.6 Å². The van der Waals surface area contributed by atoms with Gasteiger partial charge in [-0.15, -0.1) is 11.8 Å². The summed E-state index contributed by atoms with van der Waals surface area (Å²) in [5.74, 6) is 2.88. The number of carbonyl (C=O) groups is 1. The van der Waals surface area contributed by atoms with Gasteiger partial charge in [0.2, 0.25) is 6.79 Å². The van der Waals surface area contributed by atoms with E-state index >= 15 is 0 Å². The molecule has 0 aromatic heterocycles. The molecule has 1 aliphatic carbocycles. The van der Waals surface area contributed by atoms with Crippen molar-refractivity contribution in [2.75, 3.05) is 19.2 Å². The molecule has 1 saturated heterocycles. The van der Waals surface area contributed by atoms with Crippen LogP contribution in [0.1, 0.15) is 44.7 Å². The van der Waals surface area contributed by atoms with Gasteiger partial charge in [-0.05, 0) is 78.6 Å². The lowest BCUT2D eigenvalue weighted by atomic mass is 9.87. The maximum absolute atomic E-state index is 13.4. The molecule has 0 unspecified atom stereocenters. The first-order chi connectivity index (χ1) is 17.2. The summed E-state index contributed by atoms with van der Waals surface area (Å²) < 4.78 is 16.7. The van der Waals surface area contributed by atoms with E-state index in [1.807, 2.05) is 30.0 Å². The van der Waals surface area contributed by atoms with Gasteiger partial charge in [-0.25, -0.2) is 0 Å². The average molecular weight is 525 g/mol. The third-order valence-electron chi connectivity index (χ3n) is 7.42. The van der Waals surface area contributed by atoms with Gasteiger partial charge in [0.25, 0.3) is 0 Å². The van der Waals surface area contributed by atoms with Gasteiger partial charge in [0.1, 0.15) is 5.78 Å². The molecular formula is C30H36O6S. The smallest absolute Gasteiger partial charge is 0.231 e.